The summed E-state index contributed by atoms with van der Waals surface area (Å²) in [6.45, 7) is 0.714. The molecule has 1 heterocycles. The summed E-state index contributed by atoms with van der Waals surface area (Å²) in [5.41, 5.74) is -0.750. The molecule has 1 amide bonds. The number of hydrogen-bond donors (Lipinski definition) is 1. The molecule has 0 saturated heterocycles. The Bertz CT molecular complexity index is 795. The van der Waals surface area contributed by atoms with Crippen LogP contribution in [0.5, 0.6) is 11.5 Å². The maximum absolute atomic E-state index is 13.6. The molecule has 120 valence electrons. The molecule has 0 bridgehead atoms. The Morgan fingerprint density at radius 2 is 1.61 bits per heavy atom. The van der Waals surface area contributed by atoms with Crippen molar-refractivity contribution in [3.8, 4) is 11.5 Å². The number of anilines is 1. The van der Waals surface area contributed by atoms with Crippen LogP contribution in [0.25, 0.3) is 0 Å². The van der Waals surface area contributed by atoms with E-state index in [0.717, 1.165) is 0 Å². The highest BCUT2D eigenvalue weighted by Gasteiger charge is 2.23. The van der Waals surface area contributed by atoms with Gasteiger partial charge in [0.2, 0.25) is 0 Å². The molecule has 2 aromatic rings. The van der Waals surface area contributed by atoms with Crippen LogP contribution < -0.4 is 14.8 Å². The van der Waals surface area contributed by atoms with Gasteiger partial charge in [-0.25, -0.2) is 17.6 Å². The number of carbonyl (C=O) groups is 1. The smallest absolute Gasteiger partial charge is 0.258 e. The maximum Gasteiger partial charge on any atom is 0.258 e. The van der Waals surface area contributed by atoms with Crippen LogP contribution in [0.1, 0.15) is 10.4 Å². The molecule has 0 unspecified atom stereocenters. The van der Waals surface area contributed by atoms with Gasteiger partial charge in [0.1, 0.15) is 13.2 Å². The van der Waals surface area contributed by atoms with Crippen molar-refractivity contribution in [3.63, 3.8) is 0 Å². The second kappa shape index (κ2) is 5.79. The minimum Gasteiger partial charge on any atom is -0.486 e. The normalized spacial score (nSPS) is 12.9. The van der Waals surface area contributed by atoms with Crippen molar-refractivity contribution in [2.24, 2.45) is 0 Å². The summed E-state index contributed by atoms with van der Waals surface area (Å²) in [6.07, 6.45) is 0. The van der Waals surface area contributed by atoms with Crippen LogP contribution in [0, 0.1) is 23.3 Å². The quantitative estimate of drug-likeness (QED) is 0.523. The molecular weight excluding hydrogens is 318 g/mol. The first-order valence-electron chi connectivity index (χ1n) is 6.51. The van der Waals surface area contributed by atoms with Crippen molar-refractivity contribution in [3.05, 3.63) is 53.1 Å². The molecule has 4 nitrogen and oxygen atoms in total. The summed E-state index contributed by atoms with van der Waals surface area (Å²) in [6, 6.07) is 4.67. The van der Waals surface area contributed by atoms with E-state index in [1.807, 2.05) is 0 Å². The molecule has 0 radical (unpaired) electrons. The Balaban J connectivity index is 1.88. The zero-order chi connectivity index (χ0) is 16.6. The largest absolute Gasteiger partial charge is 0.486 e. The fourth-order valence-corrected chi connectivity index (χ4v) is 2.06. The number of nitrogens with one attached hydrogen (secondary N) is 1. The number of carbonyl (C=O) groups excluding carboxylic acids is 1. The molecule has 8 heteroatoms. The molecule has 0 atom stereocenters. The summed E-state index contributed by atoms with van der Waals surface area (Å²) >= 11 is 0. The van der Waals surface area contributed by atoms with Gasteiger partial charge >= 0.3 is 0 Å². The van der Waals surface area contributed by atoms with Gasteiger partial charge in [0.15, 0.2) is 34.8 Å². The molecule has 0 spiro atoms. The Kier molecular flexibility index (Phi) is 3.81. The van der Waals surface area contributed by atoms with Gasteiger partial charge in [-0.1, -0.05) is 0 Å². The minimum atomic E-state index is -2.04. The second-order valence-corrected chi connectivity index (χ2v) is 4.66. The highest BCUT2D eigenvalue weighted by Crippen LogP contribution is 2.32. The van der Waals surface area contributed by atoms with Gasteiger partial charge in [0.05, 0.1) is 5.56 Å². The standard InChI is InChI=1S/C15H9F4NO3/c16-9-6-8(12(17)14(19)13(9)18)15(21)20-7-1-2-10-11(5-7)23-4-3-22-10/h1-2,5-6H,3-4H2,(H,20,21). The Labute approximate surface area is 127 Å². The van der Waals surface area contributed by atoms with Crippen LogP contribution in [0.4, 0.5) is 23.2 Å². The van der Waals surface area contributed by atoms with Crippen molar-refractivity contribution in [2.75, 3.05) is 18.5 Å². The number of ether oxygens (including phenoxy) is 2. The molecule has 2 aromatic carbocycles. The Hall–Kier alpha value is -2.77. The van der Waals surface area contributed by atoms with E-state index in [2.05, 4.69) is 5.32 Å². The Morgan fingerprint density at radius 3 is 2.35 bits per heavy atom. The van der Waals surface area contributed by atoms with Crippen LogP contribution in [0.3, 0.4) is 0 Å². The lowest BCUT2D eigenvalue weighted by atomic mass is 10.1. The van der Waals surface area contributed by atoms with Crippen molar-refractivity contribution in [1.82, 2.24) is 0 Å². The van der Waals surface area contributed by atoms with Crippen LogP contribution in [0.15, 0.2) is 24.3 Å². The number of hydrogen-bond acceptors (Lipinski definition) is 3. The van der Waals surface area contributed by atoms with Gasteiger partial charge in [-0.2, -0.15) is 0 Å². The molecule has 0 aromatic heterocycles. The van der Waals surface area contributed by atoms with Crippen LogP contribution in [-0.2, 0) is 0 Å². The predicted octanol–water partition coefficient (Wildman–Crippen LogP) is 3.27. The van der Waals surface area contributed by atoms with Gasteiger partial charge < -0.3 is 14.8 Å². The van der Waals surface area contributed by atoms with Crippen LogP contribution in [-0.4, -0.2) is 19.1 Å². The van der Waals surface area contributed by atoms with E-state index in [-0.39, 0.29) is 5.69 Å². The summed E-state index contributed by atoms with van der Waals surface area (Å²) < 4.78 is 63.4. The summed E-state index contributed by atoms with van der Waals surface area (Å²) in [7, 11) is 0. The molecule has 0 saturated carbocycles. The van der Waals surface area contributed by atoms with Crippen molar-refractivity contribution in [1.29, 1.82) is 0 Å². The fraction of sp³-hybridized carbons (Fsp3) is 0.133. The van der Waals surface area contributed by atoms with E-state index in [4.69, 9.17) is 9.47 Å². The van der Waals surface area contributed by atoms with Crippen molar-refractivity contribution < 1.29 is 31.8 Å². The number of amides is 1. The highest BCUT2D eigenvalue weighted by atomic mass is 19.2. The number of benzene rings is 2. The van der Waals surface area contributed by atoms with E-state index in [9.17, 15) is 22.4 Å². The third-order valence-corrected chi connectivity index (χ3v) is 3.15. The molecule has 1 aliphatic rings. The highest BCUT2D eigenvalue weighted by molar-refractivity contribution is 6.04. The average molecular weight is 327 g/mol. The summed E-state index contributed by atoms with van der Waals surface area (Å²) in [5, 5.41) is 2.25. The zero-order valence-corrected chi connectivity index (χ0v) is 11.5. The van der Waals surface area contributed by atoms with E-state index in [1.54, 1.807) is 0 Å². The van der Waals surface area contributed by atoms with Crippen molar-refractivity contribution in [2.45, 2.75) is 0 Å². The van der Waals surface area contributed by atoms with Gasteiger partial charge in [0, 0.05) is 11.8 Å². The van der Waals surface area contributed by atoms with E-state index >= 15 is 0 Å². The van der Waals surface area contributed by atoms with E-state index < -0.39 is 34.7 Å². The van der Waals surface area contributed by atoms with Crippen molar-refractivity contribution >= 4 is 11.6 Å². The maximum atomic E-state index is 13.6. The Morgan fingerprint density at radius 1 is 0.913 bits per heavy atom. The van der Waals surface area contributed by atoms with Gasteiger partial charge in [0.25, 0.3) is 5.91 Å². The zero-order valence-electron chi connectivity index (χ0n) is 11.5. The number of halogens is 4. The summed E-state index contributed by atoms with van der Waals surface area (Å²) in [4.78, 5) is 11.9. The fourth-order valence-electron chi connectivity index (χ4n) is 2.06. The second-order valence-electron chi connectivity index (χ2n) is 4.66. The molecule has 0 fully saturated rings. The topological polar surface area (TPSA) is 47.6 Å². The molecule has 23 heavy (non-hydrogen) atoms. The third kappa shape index (κ3) is 2.79. The third-order valence-electron chi connectivity index (χ3n) is 3.15. The first kappa shape index (κ1) is 15.1. The molecular formula is C15H9F4NO3. The first-order valence-corrected chi connectivity index (χ1v) is 6.51. The minimum absolute atomic E-state index is 0.198. The lowest BCUT2D eigenvalue weighted by Gasteiger charge is -2.19. The average Bonchev–Trinajstić information content (AvgIpc) is 2.56. The van der Waals surface area contributed by atoms with Crippen LogP contribution in [0.2, 0.25) is 0 Å². The molecule has 1 aliphatic heterocycles. The molecule has 1 N–H and O–H groups in total. The SMILES string of the molecule is O=C(Nc1ccc2c(c1)OCCO2)c1cc(F)c(F)c(F)c1F. The van der Waals surface area contributed by atoms with Crippen LogP contribution >= 0.6 is 0 Å². The first-order chi connectivity index (χ1) is 11.0. The van der Waals surface area contributed by atoms with Gasteiger partial charge in [-0.3, -0.25) is 4.79 Å². The number of fused-ring (bicyclic) bond motifs is 1. The number of rotatable bonds is 2. The van der Waals surface area contributed by atoms with Gasteiger partial charge in [-0.15, -0.1) is 0 Å². The van der Waals surface area contributed by atoms with E-state index in [1.165, 1.54) is 18.2 Å². The predicted molar refractivity (Wildman–Crippen MR) is 71.7 cm³/mol. The lowest BCUT2D eigenvalue weighted by Crippen LogP contribution is -2.18. The van der Waals surface area contributed by atoms with Gasteiger partial charge in [-0.05, 0) is 18.2 Å². The molecule has 3 rings (SSSR count). The lowest BCUT2D eigenvalue weighted by molar-refractivity contribution is 0.102. The van der Waals surface area contributed by atoms with E-state index in [0.29, 0.717) is 30.8 Å². The molecule has 0 aliphatic carbocycles. The summed E-state index contributed by atoms with van der Waals surface area (Å²) in [5.74, 6) is -7.73. The monoisotopic (exact) mass is 327 g/mol.